The first-order chi connectivity index (χ1) is 10.7. The lowest BCUT2D eigenvalue weighted by molar-refractivity contribution is 0.0515. The molecule has 0 atom stereocenters. The summed E-state index contributed by atoms with van der Waals surface area (Å²) in [6, 6.07) is 9.88. The molecule has 0 amide bonds. The molecular weight excluding hydrogens is 300 g/mol. The molecule has 0 unspecified atom stereocenters. The second-order valence-electron chi connectivity index (χ2n) is 4.59. The lowest BCUT2D eigenvalue weighted by atomic mass is 10.1. The topological polar surface area (TPSA) is 65.2 Å². The molecule has 0 N–H and O–H groups in total. The molecule has 5 nitrogen and oxygen atoms in total. The van der Waals surface area contributed by atoms with Gasteiger partial charge in [-0.1, -0.05) is 35.5 Å². The Bertz CT molecular complexity index is 793. The smallest absolute Gasteiger partial charge is 0.361 e. The molecule has 6 heteroatoms. The molecular formula is C16H14N2O3S. The normalized spacial score (nSPS) is 10.6. The number of hydrogen-bond donors (Lipinski definition) is 0. The van der Waals surface area contributed by atoms with E-state index in [9.17, 15) is 4.79 Å². The van der Waals surface area contributed by atoms with E-state index in [0.717, 1.165) is 10.6 Å². The molecule has 0 saturated carbocycles. The van der Waals surface area contributed by atoms with Crippen LogP contribution in [0.2, 0.25) is 0 Å². The van der Waals surface area contributed by atoms with E-state index in [0.29, 0.717) is 17.0 Å². The van der Waals surface area contributed by atoms with E-state index < -0.39 is 5.97 Å². The van der Waals surface area contributed by atoms with Crippen LogP contribution in [0.25, 0.3) is 21.8 Å². The van der Waals surface area contributed by atoms with E-state index >= 15 is 0 Å². The Morgan fingerprint density at radius 3 is 2.82 bits per heavy atom. The van der Waals surface area contributed by atoms with Gasteiger partial charge in [-0.25, -0.2) is 9.78 Å². The van der Waals surface area contributed by atoms with E-state index in [1.807, 2.05) is 35.7 Å². The van der Waals surface area contributed by atoms with Gasteiger partial charge >= 0.3 is 5.97 Å². The van der Waals surface area contributed by atoms with Gasteiger partial charge in [-0.2, -0.15) is 0 Å². The van der Waals surface area contributed by atoms with Gasteiger partial charge in [-0.05, 0) is 13.8 Å². The highest BCUT2D eigenvalue weighted by Crippen LogP contribution is 2.32. The predicted molar refractivity (Wildman–Crippen MR) is 83.7 cm³/mol. The van der Waals surface area contributed by atoms with Crippen LogP contribution in [0.15, 0.2) is 40.2 Å². The molecule has 0 aliphatic heterocycles. The minimum Gasteiger partial charge on any atom is -0.461 e. The maximum Gasteiger partial charge on any atom is 0.361 e. The van der Waals surface area contributed by atoms with Crippen molar-refractivity contribution in [3.05, 3.63) is 47.2 Å². The van der Waals surface area contributed by atoms with Crippen molar-refractivity contribution < 1.29 is 14.1 Å². The number of rotatable bonds is 4. The van der Waals surface area contributed by atoms with Gasteiger partial charge in [0.1, 0.15) is 10.8 Å². The van der Waals surface area contributed by atoms with Crippen LogP contribution in [0.5, 0.6) is 0 Å². The summed E-state index contributed by atoms with van der Waals surface area (Å²) in [6.45, 7) is 3.80. The highest BCUT2D eigenvalue weighted by atomic mass is 32.1. The Kier molecular flexibility index (Phi) is 4.02. The predicted octanol–water partition coefficient (Wildman–Crippen LogP) is 3.95. The molecule has 2 heterocycles. The van der Waals surface area contributed by atoms with Gasteiger partial charge in [0.2, 0.25) is 5.69 Å². The summed E-state index contributed by atoms with van der Waals surface area (Å²) in [5.74, 6) is 0.0524. The largest absolute Gasteiger partial charge is 0.461 e. The molecule has 0 radical (unpaired) electrons. The number of ether oxygens (including phenoxy) is 1. The number of nitrogens with zero attached hydrogens (tertiary/aromatic N) is 2. The van der Waals surface area contributed by atoms with Gasteiger partial charge in [-0.3, -0.25) is 0 Å². The van der Waals surface area contributed by atoms with Crippen LogP contribution in [0, 0.1) is 6.92 Å². The molecule has 22 heavy (non-hydrogen) atoms. The van der Waals surface area contributed by atoms with Crippen LogP contribution in [0.3, 0.4) is 0 Å². The molecule has 0 fully saturated rings. The molecule has 3 aromatic rings. The second-order valence-corrected chi connectivity index (χ2v) is 5.44. The molecule has 0 bridgehead atoms. The first kappa shape index (κ1) is 14.5. The molecule has 2 aromatic heterocycles. The van der Waals surface area contributed by atoms with Crippen molar-refractivity contribution in [3.8, 4) is 21.8 Å². The molecule has 0 saturated heterocycles. The summed E-state index contributed by atoms with van der Waals surface area (Å²) in [7, 11) is 0. The maximum absolute atomic E-state index is 12.0. The number of aromatic nitrogens is 2. The summed E-state index contributed by atoms with van der Waals surface area (Å²) >= 11 is 1.51. The van der Waals surface area contributed by atoms with Crippen molar-refractivity contribution in [1.82, 2.24) is 10.1 Å². The zero-order valence-electron chi connectivity index (χ0n) is 12.2. The van der Waals surface area contributed by atoms with Gasteiger partial charge in [0.15, 0.2) is 0 Å². The van der Waals surface area contributed by atoms with Crippen LogP contribution < -0.4 is 0 Å². The third-order valence-electron chi connectivity index (χ3n) is 3.11. The van der Waals surface area contributed by atoms with Gasteiger partial charge in [0, 0.05) is 10.9 Å². The van der Waals surface area contributed by atoms with Gasteiger partial charge in [0.25, 0.3) is 0 Å². The van der Waals surface area contributed by atoms with Crippen molar-refractivity contribution in [2.75, 3.05) is 6.61 Å². The average Bonchev–Trinajstić information content (AvgIpc) is 3.15. The average molecular weight is 314 g/mol. The van der Waals surface area contributed by atoms with E-state index in [-0.39, 0.29) is 12.3 Å². The van der Waals surface area contributed by atoms with Crippen molar-refractivity contribution in [1.29, 1.82) is 0 Å². The van der Waals surface area contributed by atoms with Crippen LogP contribution in [0.1, 0.15) is 23.2 Å². The Balaban J connectivity index is 2.01. The van der Waals surface area contributed by atoms with E-state index in [2.05, 4.69) is 10.1 Å². The molecule has 0 spiro atoms. The highest BCUT2D eigenvalue weighted by molar-refractivity contribution is 7.13. The molecule has 1 aromatic carbocycles. The fourth-order valence-corrected chi connectivity index (χ4v) is 2.93. The number of esters is 1. The minimum absolute atomic E-state index is 0.171. The molecule has 0 aliphatic carbocycles. The second kappa shape index (κ2) is 6.11. The zero-order valence-corrected chi connectivity index (χ0v) is 13.0. The third kappa shape index (κ3) is 2.65. The fourth-order valence-electron chi connectivity index (χ4n) is 2.11. The standard InChI is InChI=1S/C16H14N2O3S/c1-3-20-16(19)14-13(10(2)21-18-14)12-9-22-15(17-12)11-7-5-4-6-8-11/h4-9H,3H2,1-2H3. The SMILES string of the molecule is CCOC(=O)c1noc(C)c1-c1csc(-c2ccccc2)n1. The van der Waals surface area contributed by atoms with Crippen molar-refractivity contribution in [2.45, 2.75) is 13.8 Å². The van der Waals surface area contributed by atoms with Crippen LogP contribution in [-0.2, 0) is 4.74 Å². The van der Waals surface area contributed by atoms with Crippen LogP contribution in [0.4, 0.5) is 0 Å². The Labute approximate surface area is 131 Å². The minimum atomic E-state index is -0.497. The summed E-state index contributed by atoms with van der Waals surface area (Å²) in [6.07, 6.45) is 0. The molecule has 112 valence electrons. The molecule has 3 rings (SSSR count). The van der Waals surface area contributed by atoms with Crippen LogP contribution in [-0.4, -0.2) is 22.7 Å². The summed E-state index contributed by atoms with van der Waals surface area (Å²) in [5, 5.41) is 6.58. The number of hydrogen-bond acceptors (Lipinski definition) is 6. The third-order valence-corrected chi connectivity index (χ3v) is 4.00. The van der Waals surface area contributed by atoms with Gasteiger partial charge in [-0.15, -0.1) is 11.3 Å². The number of carbonyl (C=O) groups is 1. The van der Waals surface area contributed by atoms with Gasteiger partial charge < -0.3 is 9.26 Å². The fraction of sp³-hybridized carbons (Fsp3) is 0.188. The van der Waals surface area contributed by atoms with Gasteiger partial charge in [0.05, 0.1) is 17.9 Å². The van der Waals surface area contributed by atoms with Crippen molar-refractivity contribution >= 4 is 17.3 Å². The Morgan fingerprint density at radius 2 is 2.09 bits per heavy atom. The number of aryl methyl sites for hydroxylation is 1. The lowest BCUT2D eigenvalue weighted by Gasteiger charge is -1.99. The highest BCUT2D eigenvalue weighted by Gasteiger charge is 2.24. The van der Waals surface area contributed by atoms with E-state index in [4.69, 9.17) is 9.26 Å². The lowest BCUT2D eigenvalue weighted by Crippen LogP contribution is -2.06. The Morgan fingerprint density at radius 1 is 1.32 bits per heavy atom. The van der Waals surface area contributed by atoms with E-state index in [1.54, 1.807) is 13.8 Å². The monoisotopic (exact) mass is 314 g/mol. The van der Waals surface area contributed by atoms with Crippen LogP contribution >= 0.6 is 11.3 Å². The molecule has 0 aliphatic rings. The maximum atomic E-state index is 12.0. The summed E-state index contributed by atoms with van der Waals surface area (Å²) in [4.78, 5) is 16.6. The quantitative estimate of drug-likeness (QED) is 0.682. The first-order valence-corrected chi connectivity index (χ1v) is 7.73. The Hall–Kier alpha value is -2.47. The van der Waals surface area contributed by atoms with E-state index in [1.165, 1.54) is 11.3 Å². The summed E-state index contributed by atoms with van der Waals surface area (Å²) in [5.41, 5.74) is 2.47. The van der Waals surface area contributed by atoms with Crippen molar-refractivity contribution in [2.24, 2.45) is 0 Å². The zero-order chi connectivity index (χ0) is 15.5. The number of thiazole rings is 1. The first-order valence-electron chi connectivity index (χ1n) is 6.85. The van der Waals surface area contributed by atoms with Crippen molar-refractivity contribution in [3.63, 3.8) is 0 Å². The number of benzene rings is 1. The summed E-state index contributed by atoms with van der Waals surface area (Å²) < 4.78 is 10.2. The number of carbonyl (C=O) groups excluding carboxylic acids is 1.